The molecule has 1 N–H and O–H groups in total. The second-order valence-electron chi connectivity index (χ2n) is 6.44. The molecule has 0 radical (unpaired) electrons. The number of hydrogen-bond donors (Lipinski definition) is 1. The summed E-state index contributed by atoms with van der Waals surface area (Å²) >= 11 is 6.19. The Kier molecular flexibility index (Phi) is 5.21. The summed E-state index contributed by atoms with van der Waals surface area (Å²) in [4.78, 5) is 11.4. The van der Waals surface area contributed by atoms with Gasteiger partial charge in [0.05, 0.1) is 24.9 Å². The van der Waals surface area contributed by atoms with Crippen LogP contribution in [0, 0.1) is 0 Å². The Bertz CT molecular complexity index is 996. The first-order valence-electron chi connectivity index (χ1n) is 9.06. The van der Waals surface area contributed by atoms with Gasteiger partial charge in [0.15, 0.2) is 0 Å². The molecule has 0 saturated heterocycles. The van der Waals surface area contributed by atoms with Crippen LogP contribution in [-0.2, 0) is 6.42 Å². The highest BCUT2D eigenvalue weighted by atomic mass is 35.5. The van der Waals surface area contributed by atoms with Crippen molar-refractivity contribution in [1.82, 2.24) is 9.97 Å². The number of methoxy groups -OCH3 is 2. The zero-order valence-corrected chi connectivity index (χ0v) is 16.5. The second-order valence-corrected chi connectivity index (χ2v) is 6.85. The van der Waals surface area contributed by atoms with E-state index in [1.54, 1.807) is 32.5 Å². The first-order valence-corrected chi connectivity index (χ1v) is 9.44. The molecule has 0 bridgehead atoms. The molecule has 0 atom stereocenters. The summed E-state index contributed by atoms with van der Waals surface area (Å²) in [6.07, 6.45) is 3.90. The summed E-state index contributed by atoms with van der Waals surface area (Å²) in [6, 6.07) is 13.7. The minimum absolute atomic E-state index is 0.484. The van der Waals surface area contributed by atoms with E-state index < -0.39 is 0 Å². The fraction of sp³-hybridized carbons (Fsp3) is 0.238. The van der Waals surface area contributed by atoms with Gasteiger partial charge >= 0.3 is 0 Å². The molecular formula is C21H21ClN4O2. The smallest absolute Gasteiger partial charge is 0.231 e. The Balaban J connectivity index is 1.66. The number of anilines is 4. The number of nitrogens with one attached hydrogen (secondary N) is 1. The van der Waals surface area contributed by atoms with Crippen LogP contribution in [0.3, 0.4) is 0 Å². The van der Waals surface area contributed by atoms with Gasteiger partial charge < -0.3 is 19.7 Å². The maximum Gasteiger partial charge on any atom is 0.231 e. The molecule has 6 nitrogen and oxygen atoms in total. The van der Waals surface area contributed by atoms with Crippen LogP contribution in [0.15, 0.2) is 48.7 Å². The van der Waals surface area contributed by atoms with E-state index in [0.29, 0.717) is 34.0 Å². The maximum absolute atomic E-state index is 6.19. The SMILES string of the molecule is COc1cc(Nc2ccnc(N3CCCc4ccccc43)n2)c(OC)cc1Cl. The lowest BCUT2D eigenvalue weighted by Crippen LogP contribution is -2.26. The molecule has 3 aromatic rings. The van der Waals surface area contributed by atoms with Gasteiger partial charge in [-0.15, -0.1) is 0 Å². The third-order valence-corrected chi connectivity index (χ3v) is 5.03. The minimum Gasteiger partial charge on any atom is -0.495 e. The molecule has 0 spiro atoms. The van der Waals surface area contributed by atoms with Crippen molar-refractivity contribution in [1.29, 1.82) is 0 Å². The number of benzene rings is 2. The number of ether oxygens (including phenoxy) is 2. The van der Waals surface area contributed by atoms with Gasteiger partial charge in [-0.05, 0) is 30.5 Å². The molecule has 2 aromatic carbocycles. The maximum atomic E-state index is 6.19. The number of hydrogen-bond acceptors (Lipinski definition) is 6. The van der Waals surface area contributed by atoms with Crippen LogP contribution in [-0.4, -0.2) is 30.7 Å². The molecule has 0 unspecified atom stereocenters. The van der Waals surface area contributed by atoms with Gasteiger partial charge in [0.25, 0.3) is 0 Å². The number of para-hydroxylation sites is 1. The molecule has 1 aliphatic heterocycles. The summed E-state index contributed by atoms with van der Waals surface area (Å²) in [7, 11) is 3.17. The standard InChI is InChI=1S/C21H21ClN4O2/c1-27-18-13-16(19(28-2)12-15(18)22)24-20-9-10-23-21(25-20)26-11-5-7-14-6-3-4-8-17(14)26/h3-4,6,8-10,12-13H,5,7,11H2,1-2H3,(H,23,24,25). The van der Waals surface area contributed by atoms with Gasteiger partial charge in [-0.3, -0.25) is 0 Å². The van der Waals surface area contributed by atoms with E-state index >= 15 is 0 Å². The average molecular weight is 397 g/mol. The monoisotopic (exact) mass is 396 g/mol. The second kappa shape index (κ2) is 7.94. The number of halogens is 1. The van der Waals surface area contributed by atoms with Crippen molar-refractivity contribution in [2.75, 3.05) is 31.0 Å². The molecule has 2 heterocycles. The molecule has 28 heavy (non-hydrogen) atoms. The molecular weight excluding hydrogens is 376 g/mol. The third-order valence-electron chi connectivity index (χ3n) is 4.73. The van der Waals surface area contributed by atoms with E-state index in [1.165, 1.54) is 5.56 Å². The Morgan fingerprint density at radius 1 is 1.07 bits per heavy atom. The predicted octanol–water partition coefficient (Wildman–Crippen LogP) is 4.98. The van der Waals surface area contributed by atoms with Crippen LogP contribution in [0.4, 0.5) is 23.1 Å². The molecule has 0 amide bonds. The topological polar surface area (TPSA) is 59.5 Å². The predicted molar refractivity (Wildman–Crippen MR) is 112 cm³/mol. The number of aryl methyl sites for hydroxylation is 1. The molecule has 1 aromatic heterocycles. The first-order chi connectivity index (χ1) is 13.7. The summed E-state index contributed by atoms with van der Waals surface area (Å²) in [5, 5.41) is 3.77. The van der Waals surface area contributed by atoms with Crippen molar-refractivity contribution in [2.24, 2.45) is 0 Å². The van der Waals surface area contributed by atoms with Gasteiger partial charge in [0, 0.05) is 30.6 Å². The lowest BCUT2D eigenvalue weighted by Gasteiger charge is -2.29. The highest BCUT2D eigenvalue weighted by Gasteiger charge is 2.20. The normalized spacial score (nSPS) is 13.0. The van der Waals surface area contributed by atoms with Crippen LogP contribution in [0.2, 0.25) is 5.02 Å². The van der Waals surface area contributed by atoms with Crippen LogP contribution >= 0.6 is 11.6 Å². The van der Waals surface area contributed by atoms with Gasteiger partial charge in [0.2, 0.25) is 5.95 Å². The van der Waals surface area contributed by atoms with Crippen molar-refractivity contribution >= 4 is 34.7 Å². The lowest BCUT2D eigenvalue weighted by molar-refractivity contribution is 0.405. The summed E-state index contributed by atoms with van der Waals surface area (Å²) in [5.74, 6) is 2.49. The largest absolute Gasteiger partial charge is 0.495 e. The van der Waals surface area contributed by atoms with Crippen molar-refractivity contribution < 1.29 is 9.47 Å². The first kappa shape index (κ1) is 18.4. The highest BCUT2D eigenvalue weighted by Crippen LogP contribution is 2.37. The number of aromatic nitrogens is 2. The number of rotatable bonds is 5. The van der Waals surface area contributed by atoms with E-state index in [9.17, 15) is 0 Å². The van der Waals surface area contributed by atoms with Crippen LogP contribution < -0.4 is 19.7 Å². The zero-order chi connectivity index (χ0) is 19.5. The van der Waals surface area contributed by atoms with Gasteiger partial charge in [-0.25, -0.2) is 4.98 Å². The van der Waals surface area contributed by atoms with Crippen molar-refractivity contribution in [2.45, 2.75) is 12.8 Å². The molecule has 7 heteroatoms. The van der Waals surface area contributed by atoms with Crippen LogP contribution in [0.5, 0.6) is 11.5 Å². The summed E-state index contributed by atoms with van der Waals surface area (Å²) in [6.45, 7) is 0.887. The van der Waals surface area contributed by atoms with E-state index in [0.717, 1.165) is 25.1 Å². The fourth-order valence-electron chi connectivity index (χ4n) is 3.39. The minimum atomic E-state index is 0.484. The number of nitrogens with zero attached hydrogens (tertiary/aromatic N) is 3. The van der Waals surface area contributed by atoms with Gasteiger partial charge in [-0.2, -0.15) is 4.98 Å². The number of fused-ring (bicyclic) bond motifs is 1. The quantitative estimate of drug-likeness (QED) is 0.656. The van der Waals surface area contributed by atoms with E-state index in [1.807, 2.05) is 12.1 Å². The Morgan fingerprint density at radius 2 is 1.89 bits per heavy atom. The molecule has 4 rings (SSSR count). The molecule has 0 saturated carbocycles. The zero-order valence-electron chi connectivity index (χ0n) is 15.8. The summed E-state index contributed by atoms with van der Waals surface area (Å²) in [5.41, 5.74) is 3.20. The summed E-state index contributed by atoms with van der Waals surface area (Å²) < 4.78 is 10.7. The van der Waals surface area contributed by atoms with Crippen molar-refractivity contribution in [3.63, 3.8) is 0 Å². The van der Waals surface area contributed by atoms with Gasteiger partial charge in [-0.1, -0.05) is 29.8 Å². The van der Waals surface area contributed by atoms with Crippen LogP contribution in [0.25, 0.3) is 0 Å². The van der Waals surface area contributed by atoms with Crippen molar-refractivity contribution in [3.05, 3.63) is 59.2 Å². The molecule has 0 fully saturated rings. The molecule has 144 valence electrons. The average Bonchev–Trinajstić information content (AvgIpc) is 2.74. The Hall–Kier alpha value is -2.99. The fourth-order valence-corrected chi connectivity index (χ4v) is 3.62. The lowest BCUT2D eigenvalue weighted by atomic mass is 10.0. The Labute approximate surface area is 169 Å². The van der Waals surface area contributed by atoms with E-state index in [-0.39, 0.29) is 0 Å². The highest BCUT2D eigenvalue weighted by molar-refractivity contribution is 6.32. The van der Waals surface area contributed by atoms with E-state index in [4.69, 9.17) is 26.1 Å². The van der Waals surface area contributed by atoms with Gasteiger partial charge in [0.1, 0.15) is 17.3 Å². The van der Waals surface area contributed by atoms with E-state index in [2.05, 4.69) is 33.4 Å². The molecule has 1 aliphatic rings. The van der Waals surface area contributed by atoms with Crippen molar-refractivity contribution in [3.8, 4) is 11.5 Å². The third kappa shape index (κ3) is 3.55. The van der Waals surface area contributed by atoms with Crippen LogP contribution in [0.1, 0.15) is 12.0 Å². The molecule has 0 aliphatic carbocycles. The Morgan fingerprint density at radius 3 is 2.71 bits per heavy atom.